The van der Waals surface area contributed by atoms with Gasteiger partial charge in [-0.05, 0) is 88.0 Å². The van der Waals surface area contributed by atoms with E-state index in [1.807, 2.05) is 26.8 Å². The van der Waals surface area contributed by atoms with Crippen molar-refractivity contribution in [1.82, 2.24) is 0 Å². The molecule has 1 saturated carbocycles. The van der Waals surface area contributed by atoms with Gasteiger partial charge >= 0.3 is 12.1 Å². The second-order valence-electron chi connectivity index (χ2n) is 9.77. The van der Waals surface area contributed by atoms with E-state index in [0.29, 0.717) is 0 Å². The maximum absolute atomic E-state index is 12.6. The molecule has 5 nitrogen and oxygen atoms in total. The highest BCUT2D eigenvalue weighted by atomic mass is 16.6. The minimum Gasteiger partial charge on any atom is -0.469 e. The van der Waals surface area contributed by atoms with Crippen molar-refractivity contribution in [3.05, 3.63) is 29.3 Å². The number of carbonyl (C=O) groups excluding carboxylic acids is 2. The Hall–Kier alpha value is -2.04. The first-order valence-corrected chi connectivity index (χ1v) is 10.2. The van der Waals surface area contributed by atoms with Crippen LogP contribution in [0.4, 0.5) is 10.5 Å². The normalized spacial score (nSPS) is 29.3. The highest BCUT2D eigenvalue weighted by Crippen LogP contribution is 2.57. The zero-order valence-electron chi connectivity index (χ0n) is 18.0. The number of fused-ring (bicyclic) bond motifs is 3. The number of nitrogens with one attached hydrogen (secondary N) is 1. The monoisotopic (exact) mass is 387 g/mol. The number of aryl methyl sites for hydroxylation is 1. The summed E-state index contributed by atoms with van der Waals surface area (Å²) in [5.41, 5.74) is 2.17. The van der Waals surface area contributed by atoms with Crippen LogP contribution in [-0.4, -0.2) is 24.8 Å². The molecule has 0 bridgehead atoms. The van der Waals surface area contributed by atoms with E-state index in [-0.39, 0.29) is 17.3 Å². The molecule has 0 saturated heterocycles. The minimum absolute atomic E-state index is 0.102. The van der Waals surface area contributed by atoms with E-state index in [1.54, 1.807) is 0 Å². The average Bonchev–Trinajstić information content (AvgIpc) is 2.59. The summed E-state index contributed by atoms with van der Waals surface area (Å²) in [6.45, 7) is 9.88. The molecule has 2 aliphatic carbocycles. The molecule has 1 aromatic rings. The fourth-order valence-electron chi connectivity index (χ4n) is 5.44. The largest absolute Gasteiger partial charge is 0.469 e. The Morgan fingerprint density at radius 2 is 1.89 bits per heavy atom. The van der Waals surface area contributed by atoms with Crippen molar-refractivity contribution in [3.8, 4) is 0 Å². The number of hydrogen-bond donors (Lipinski definition) is 1. The van der Waals surface area contributed by atoms with Crippen LogP contribution in [0.25, 0.3) is 0 Å². The Morgan fingerprint density at radius 3 is 2.54 bits per heavy atom. The first-order valence-electron chi connectivity index (χ1n) is 10.2. The topological polar surface area (TPSA) is 64.6 Å². The van der Waals surface area contributed by atoms with Crippen LogP contribution in [0.1, 0.15) is 71.4 Å². The van der Waals surface area contributed by atoms with Gasteiger partial charge in [0.2, 0.25) is 0 Å². The molecule has 1 N–H and O–H groups in total. The lowest BCUT2D eigenvalue weighted by atomic mass is 9.50. The summed E-state index contributed by atoms with van der Waals surface area (Å²) in [5.74, 6) is 0.125. The summed E-state index contributed by atoms with van der Waals surface area (Å²) in [6.07, 6.45) is 4.36. The van der Waals surface area contributed by atoms with E-state index >= 15 is 0 Å². The lowest BCUT2D eigenvalue weighted by Gasteiger charge is -2.54. The predicted molar refractivity (Wildman–Crippen MR) is 109 cm³/mol. The predicted octanol–water partition coefficient (Wildman–Crippen LogP) is 5.22. The average molecular weight is 388 g/mol. The molecule has 0 radical (unpaired) electrons. The summed E-state index contributed by atoms with van der Waals surface area (Å²) in [6, 6.07) is 6.12. The SMILES string of the molecule is COC(=O)[C@@]1(C)CCC[C@]2(C)c3cc(NC(=O)OC(C)(C)C)ccc3CCC12. The van der Waals surface area contributed by atoms with Gasteiger partial charge < -0.3 is 9.47 Å². The van der Waals surface area contributed by atoms with Gasteiger partial charge in [0, 0.05) is 5.69 Å². The number of hydrogen-bond acceptors (Lipinski definition) is 4. The Balaban J connectivity index is 1.93. The highest BCUT2D eigenvalue weighted by molar-refractivity contribution is 5.85. The van der Waals surface area contributed by atoms with E-state index in [1.165, 1.54) is 18.2 Å². The first kappa shape index (κ1) is 20.7. The molecule has 0 aliphatic heterocycles. The molecule has 0 heterocycles. The Labute approximate surface area is 168 Å². The molecular formula is C23H33NO4. The highest BCUT2D eigenvalue weighted by Gasteiger charge is 2.55. The molecule has 3 rings (SSSR count). The molecule has 2 aliphatic rings. The fraction of sp³-hybridized carbons (Fsp3) is 0.652. The third-order valence-corrected chi connectivity index (χ3v) is 6.65. The second-order valence-corrected chi connectivity index (χ2v) is 9.77. The zero-order valence-corrected chi connectivity index (χ0v) is 18.0. The maximum atomic E-state index is 12.6. The van der Waals surface area contributed by atoms with Crippen molar-refractivity contribution >= 4 is 17.7 Å². The van der Waals surface area contributed by atoms with Crippen LogP contribution in [0.2, 0.25) is 0 Å². The number of rotatable bonds is 2. The van der Waals surface area contributed by atoms with Crippen molar-refractivity contribution in [3.63, 3.8) is 0 Å². The molecule has 1 fully saturated rings. The van der Waals surface area contributed by atoms with Crippen molar-refractivity contribution in [1.29, 1.82) is 0 Å². The number of esters is 1. The van der Waals surface area contributed by atoms with Gasteiger partial charge in [0.05, 0.1) is 12.5 Å². The van der Waals surface area contributed by atoms with Gasteiger partial charge in [-0.25, -0.2) is 4.79 Å². The van der Waals surface area contributed by atoms with Gasteiger partial charge in [-0.3, -0.25) is 10.1 Å². The maximum Gasteiger partial charge on any atom is 0.412 e. The number of ether oxygens (including phenoxy) is 2. The Morgan fingerprint density at radius 1 is 1.18 bits per heavy atom. The number of anilines is 1. The molecule has 1 amide bonds. The van der Waals surface area contributed by atoms with Crippen LogP contribution in [0.3, 0.4) is 0 Å². The zero-order chi connectivity index (χ0) is 20.7. The van der Waals surface area contributed by atoms with Gasteiger partial charge in [-0.2, -0.15) is 0 Å². The lowest BCUT2D eigenvalue weighted by molar-refractivity contribution is -0.161. The van der Waals surface area contributed by atoms with Crippen LogP contribution < -0.4 is 5.32 Å². The molecular weight excluding hydrogens is 354 g/mol. The number of methoxy groups -OCH3 is 1. The summed E-state index contributed by atoms with van der Waals surface area (Å²) in [7, 11) is 1.49. The van der Waals surface area contributed by atoms with Gasteiger partial charge in [0.25, 0.3) is 0 Å². The molecule has 28 heavy (non-hydrogen) atoms. The van der Waals surface area contributed by atoms with Gasteiger partial charge in [-0.1, -0.05) is 19.4 Å². The smallest absolute Gasteiger partial charge is 0.412 e. The standard InChI is InChI=1S/C23H33NO4/c1-21(2,3)28-20(26)24-16-10-8-15-9-11-18-22(4,17(15)14-16)12-7-13-23(18,5)19(25)27-6/h8,10,14,18H,7,9,11-13H2,1-6H3,(H,24,26)/t18?,22-,23+/m1/s1. The lowest BCUT2D eigenvalue weighted by Crippen LogP contribution is -2.52. The van der Waals surface area contributed by atoms with Gasteiger partial charge in [0.15, 0.2) is 0 Å². The van der Waals surface area contributed by atoms with Gasteiger partial charge in [0.1, 0.15) is 5.60 Å². The van der Waals surface area contributed by atoms with Crippen molar-refractivity contribution in [2.24, 2.45) is 11.3 Å². The molecule has 5 heteroatoms. The van der Waals surface area contributed by atoms with Gasteiger partial charge in [-0.15, -0.1) is 0 Å². The Kier molecular flexibility index (Phi) is 5.24. The second kappa shape index (κ2) is 7.09. The van der Waals surface area contributed by atoms with E-state index in [9.17, 15) is 9.59 Å². The first-order chi connectivity index (χ1) is 13.0. The number of carbonyl (C=O) groups is 2. The molecule has 3 atom stereocenters. The summed E-state index contributed by atoms with van der Waals surface area (Å²) >= 11 is 0. The van der Waals surface area contributed by atoms with Crippen LogP contribution in [0.5, 0.6) is 0 Å². The van der Waals surface area contributed by atoms with Crippen LogP contribution in [0, 0.1) is 11.3 Å². The van der Waals surface area contributed by atoms with Crippen LogP contribution >= 0.6 is 0 Å². The molecule has 1 aromatic carbocycles. The van der Waals surface area contributed by atoms with Crippen LogP contribution in [-0.2, 0) is 26.1 Å². The number of benzene rings is 1. The summed E-state index contributed by atoms with van der Waals surface area (Å²) in [4.78, 5) is 24.8. The van der Waals surface area contributed by atoms with Crippen molar-refractivity contribution in [2.75, 3.05) is 12.4 Å². The molecule has 1 unspecified atom stereocenters. The third-order valence-electron chi connectivity index (χ3n) is 6.65. The molecule has 154 valence electrons. The molecule has 0 spiro atoms. The van der Waals surface area contributed by atoms with Crippen molar-refractivity contribution in [2.45, 2.75) is 77.7 Å². The van der Waals surface area contributed by atoms with E-state index in [0.717, 1.165) is 37.8 Å². The van der Waals surface area contributed by atoms with E-state index < -0.39 is 17.1 Å². The number of amides is 1. The summed E-state index contributed by atoms with van der Waals surface area (Å²) in [5, 5.41) is 2.86. The Bertz CT molecular complexity index is 781. The summed E-state index contributed by atoms with van der Waals surface area (Å²) < 4.78 is 10.6. The fourth-order valence-corrected chi connectivity index (χ4v) is 5.44. The third kappa shape index (κ3) is 3.63. The quantitative estimate of drug-likeness (QED) is 0.707. The van der Waals surface area contributed by atoms with E-state index in [4.69, 9.17) is 9.47 Å². The van der Waals surface area contributed by atoms with Crippen molar-refractivity contribution < 1.29 is 19.1 Å². The van der Waals surface area contributed by atoms with E-state index in [2.05, 4.69) is 31.3 Å². The minimum atomic E-state index is -0.541. The molecule has 0 aromatic heterocycles. The van der Waals surface area contributed by atoms with Crippen LogP contribution in [0.15, 0.2) is 18.2 Å².